The lowest BCUT2D eigenvalue weighted by Crippen LogP contribution is -2.49. The molecule has 0 radical (unpaired) electrons. The highest BCUT2D eigenvalue weighted by molar-refractivity contribution is 5.94. The minimum Gasteiger partial charge on any atom is -0.382 e. The topological polar surface area (TPSA) is 87.0 Å². The van der Waals surface area contributed by atoms with Crippen LogP contribution < -0.4 is 0 Å². The largest absolute Gasteiger partial charge is 0.382 e. The Hall–Kier alpha value is -2.15. The van der Waals surface area contributed by atoms with Crippen LogP contribution in [0.4, 0.5) is 0 Å². The summed E-state index contributed by atoms with van der Waals surface area (Å²) in [6.45, 7) is 6.79. The van der Waals surface area contributed by atoms with Gasteiger partial charge in [0.1, 0.15) is 17.0 Å². The van der Waals surface area contributed by atoms with Gasteiger partial charge in [0.15, 0.2) is 0 Å². The molecule has 1 atom stereocenters. The maximum Gasteiger partial charge on any atom is 0.270 e. The van der Waals surface area contributed by atoms with E-state index in [0.29, 0.717) is 24.4 Å². The molecule has 7 heteroatoms. The Morgan fingerprint density at radius 1 is 1.48 bits per heavy atom. The minimum absolute atomic E-state index is 0.0816. The summed E-state index contributed by atoms with van der Waals surface area (Å²) in [7, 11) is 0. The molecule has 0 saturated carbocycles. The Balaban J connectivity index is 1.81. The lowest BCUT2D eigenvalue weighted by molar-refractivity contribution is -0.0322. The number of nitrogens with one attached hydrogen (secondary N) is 1. The van der Waals surface area contributed by atoms with E-state index in [2.05, 4.69) is 15.3 Å². The first-order valence-electron chi connectivity index (χ1n) is 7.98. The van der Waals surface area contributed by atoms with Crippen molar-refractivity contribution < 1.29 is 9.90 Å². The summed E-state index contributed by atoms with van der Waals surface area (Å²) in [5, 5.41) is 19.2. The van der Waals surface area contributed by atoms with Crippen molar-refractivity contribution >= 4 is 5.91 Å². The van der Waals surface area contributed by atoms with Crippen LogP contribution in [0.1, 0.15) is 54.5 Å². The molecule has 1 fully saturated rings. The smallest absolute Gasteiger partial charge is 0.270 e. The Morgan fingerprint density at radius 2 is 2.26 bits per heavy atom. The average Bonchev–Trinajstić information content (AvgIpc) is 3.15. The van der Waals surface area contributed by atoms with Crippen molar-refractivity contribution in [3.8, 4) is 0 Å². The standard InChI is InChI=1S/C16H23N5O2/c1-11(2)21-9-13(18-19-21)16(23)6-4-8-20(10-16)15(22)14-12(3)5-7-17-14/h5,7,9,11,17,23H,4,6,8,10H2,1-3H3/t16-/m0/s1. The lowest BCUT2D eigenvalue weighted by atomic mass is 9.89. The van der Waals surface area contributed by atoms with Gasteiger partial charge in [-0.05, 0) is 45.2 Å². The number of hydrogen-bond acceptors (Lipinski definition) is 4. The van der Waals surface area contributed by atoms with E-state index in [-0.39, 0.29) is 18.5 Å². The third kappa shape index (κ3) is 2.88. The highest BCUT2D eigenvalue weighted by Crippen LogP contribution is 2.31. The van der Waals surface area contributed by atoms with Crippen LogP contribution in [0.3, 0.4) is 0 Å². The summed E-state index contributed by atoms with van der Waals surface area (Å²) >= 11 is 0. The first kappa shape index (κ1) is 15.7. The van der Waals surface area contributed by atoms with Gasteiger partial charge in [0.05, 0.1) is 12.7 Å². The lowest BCUT2D eigenvalue weighted by Gasteiger charge is -2.37. The van der Waals surface area contributed by atoms with Gasteiger partial charge in [0.25, 0.3) is 5.91 Å². The van der Waals surface area contributed by atoms with Crippen LogP contribution >= 0.6 is 0 Å². The molecule has 3 heterocycles. The van der Waals surface area contributed by atoms with E-state index in [0.717, 1.165) is 12.0 Å². The van der Waals surface area contributed by atoms with E-state index < -0.39 is 5.60 Å². The predicted molar refractivity (Wildman–Crippen MR) is 85.0 cm³/mol. The summed E-state index contributed by atoms with van der Waals surface area (Å²) < 4.78 is 1.73. The molecule has 1 amide bonds. The molecular weight excluding hydrogens is 294 g/mol. The quantitative estimate of drug-likeness (QED) is 0.900. The number of likely N-dealkylation sites (tertiary alicyclic amines) is 1. The predicted octanol–water partition coefficient (Wildman–Crippen LogP) is 1.62. The van der Waals surface area contributed by atoms with Gasteiger partial charge < -0.3 is 15.0 Å². The van der Waals surface area contributed by atoms with E-state index in [1.54, 1.807) is 22.0 Å². The maximum absolute atomic E-state index is 12.7. The van der Waals surface area contributed by atoms with E-state index in [4.69, 9.17) is 0 Å². The fourth-order valence-corrected chi connectivity index (χ4v) is 3.00. The molecule has 2 aromatic heterocycles. The number of H-pyrrole nitrogens is 1. The second kappa shape index (κ2) is 5.81. The number of amides is 1. The van der Waals surface area contributed by atoms with Crippen LogP contribution in [0.25, 0.3) is 0 Å². The van der Waals surface area contributed by atoms with Gasteiger partial charge in [-0.1, -0.05) is 5.21 Å². The summed E-state index contributed by atoms with van der Waals surface area (Å²) in [5.74, 6) is -0.0816. The Kier molecular flexibility index (Phi) is 3.97. The van der Waals surface area contributed by atoms with E-state index >= 15 is 0 Å². The van der Waals surface area contributed by atoms with Gasteiger partial charge in [0, 0.05) is 18.8 Å². The van der Waals surface area contributed by atoms with Crippen LogP contribution in [0.5, 0.6) is 0 Å². The van der Waals surface area contributed by atoms with Gasteiger partial charge in [-0.25, -0.2) is 4.68 Å². The Labute approximate surface area is 135 Å². The van der Waals surface area contributed by atoms with Gasteiger partial charge in [-0.15, -0.1) is 5.10 Å². The van der Waals surface area contributed by atoms with Gasteiger partial charge >= 0.3 is 0 Å². The molecule has 0 unspecified atom stereocenters. The Bertz CT molecular complexity index is 705. The SMILES string of the molecule is Cc1cc[nH]c1C(=O)N1CCC[C@@](O)(c2cn(C(C)C)nn2)C1. The van der Waals surface area contributed by atoms with Crippen molar-refractivity contribution in [2.45, 2.75) is 45.3 Å². The number of rotatable bonds is 3. The monoisotopic (exact) mass is 317 g/mol. The first-order chi connectivity index (χ1) is 10.9. The molecule has 3 rings (SSSR count). The molecule has 1 aliphatic rings. The van der Waals surface area contributed by atoms with Crippen molar-refractivity contribution in [3.05, 3.63) is 35.4 Å². The number of carbonyl (C=O) groups is 1. The van der Waals surface area contributed by atoms with Crippen molar-refractivity contribution in [2.75, 3.05) is 13.1 Å². The van der Waals surface area contributed by atoms with E-state index in [9.17, 15) is 9.90 Å². The van der Waals surface area contributed by atoms with Gasteiger partial charge in [-0.2, -0.15) is 0 Å². The number of nitrogens with zero attached hydrogens (tertiary/aromatic N) is 4. The van der Waals surface area contributed by atoms with Crippen molar-refractivity contribution in [2.24, 2.45) is 0 Å². The minimum atomic E-state index is -1.14. The molecular formula is C16H23N5O2. The molecule has 0 aromatic carbocycles. The molecule has 124 valence electrons. The zero-order valence-corrected chi connectivity index (χ0v) is 13.8. The number of aryl methyl sites for hydroxylation is 1. The second-order valence-corrected chi connectivity index (χ2v) is 6.58. The fraction of sp³-hybridized carbons (Fsp3) is 0.562. The molecule has 0 bridgehead atoms. The molecule has 2 aromatic rings. The third-order valence-electron chi connectivity index (χ3n) is 4.44. The van der Waals surface area contributed by atoms with Crippen LogP contribution in [-0.4, -0.2) is 49.0 Å². The Morgan fingerprint density at radius 3 is 2.87 bits per heavy atom. The van der Waals surface area contributed by atoms with Crippen LogP contribution in [0.15, 0.2) is 18.5 Å². The first-order valence-corrected chi connectivity index (χ1v) is 7.98. The van der Waals surface area contributed by atoms with Gasteiger partial charge in [0.2, 0.25) is 0 Å². The molecule has 2 N–H and O–H groups in total. The number of carbonyl (C=O) groups excluding carboxylic acids is 1. The molecule has 23 heavy (non-hydrogen) atoms. The number of hydrogen-bond donors (Lipinski definition) is 2. The summed E-state index contributed by atoms with van der Waals surface area (Å²) in [5.41, 5.74) is 0.892. The average molecular weight is 317 g/mol. The zero-order chi connectivity index (χ0) is 16.6. The number of aliphatic hydroxyl groups is 1. The highest BCUT2D eigenvalue weighted by atomic mass is 16.3. The molecule has 0 aliphatic carbocycles. The summed E-state index contributed by atoms with van der Waals surface area (Å²) in [6.07, 6.45) is 4.85. The van der Waals surface area contributed by atoms with Crippen molar-refractivity contribution in [1.82, 2.24) is 24.9 Å². The van der Waals surface area contributed by atoms with Crippen LogP contribution in [-0.2, 0) is 5.60 Å². The molecule has 0 spiro atoms. The van der Waals surface area contributed by atoms with Gasteiger partial charge in [-0.3, -0.25) is 4.79 Å². The van der Waals surface area contributed by atoms with Crippen LogP contribution in [0.2, 0.25) is 0 Å². The number of aromatic nitrogens is 4. The van der Waals surface area contributed by atoms with Crippen molar-refractivity contribution in [3.63, 3.8) is 0 Å². The second-order valence-electron chi connectivity index (χ2n) is 6.58. The summed E-state index contributed by atoms with van der Waals surface area (Å²) in [4.78, 5) is 17.3. The van der Waals surface area contributed by atoms with E-state index in [1.807, 2.05) is 26.8 Å². The van der Waals surface area contributed by atoms with Crippen LogP contribution in [0, 0.1) is 6.92 Å². The van der Waals surface area contributed by atoms with E-state index in [1.165, 1.54) is 0 Å². The van der Waals surface area contributed by atoms with Crippen molar-refractivity contribution in [1.29, 1.82) is 0 Å². The maximum atomic E-state index is 12.7. The summed E-state index contributed by atoms with van der Waals surface area (Å²) in [6, 6.07) is 2.06. The highest BCUT2D eigenvalue weighted by Gasteiger charge is 2.39. The third-order valence-corrected chi connectivity index (χ3v) is 4.44. The fourth-order valence-electron chi connectivity index (χ4n) is 3.00. The molecule has 1 aliphatic heterocycles. The number of piperidine rings is 1. The zero-order valence-electron chi connectivity index (χ0n) is 13.8. The molecule has 1 saturated heterocycles. The number of β-amino-alcohol motifs (C(OH)–C–C–N with tert-alkyl or cyclic N) is 1. The normalized spacial score (nSPS) is 21.9. The molecule has 7 nitrogen and oxygen atoms in total. The number of aromatic amines is 1.